The molecule has 0 unspecified atom stereocenters. The molecule has 0 aromatic carbocycles. The van der Waals surface area contributed by atoms with Crippen LogP contribution in [0.2, 0.25) is 0 Å². The highest BCUT2D eigenvalue weighted by Crippen LogP contribution is 1.94. The quantitative estimate of drug-likeness (QED) is 0.419. The highest BCUT2D eigenvalue weighted by atomic mass is 16.5. The molecule has 0 saturated carbocycles. The Bertz CT molecular complexity index is 234. The van der Waals surface area contributed by atoms with Gasteiger partial charge < -0.3 is 4.74 Å². The molecule has 1 rings (SSSR count). The third kappa shape index (κ3) is 0.571. The second-order valence-corrected chi connectivity index (χ2v) is 0.760. The summed E-state index contributed by atoms with van der Waals surface area (Å²) in [6.45, 7) is -5.76. The maximum Gasteiger partial charge on any atom is 0.160 e. The van der Waals surface area contributed by atoms with Crippen LogP contribution < -0.4 is 0 Å². The molecule has 1 aliphatic heterocycles. The normalized spacial score (nSPS) is 62.3. The maximum absolute atomic E-state index is 10.8. The number of carbonyl (C=O) groups is 1. The van der Waals surface area contributed by atoms with Crippen LogP contribution in [0.4, 0.5) is 0 Å². The Kier molecular flexibility index (Phi) is 0.206. The van der Waals surface area contributed by atoms with Gasteiger partial charge in [0.25, 0.3) is 0 Å². The fourth-order valence-corrected chi connectivity index (χ4v) is 0.169. The van der Waals surface area contributed by atoms with Crippen LogP contribution in [0.5, 0.6) is 0 Å². The van der Waals surface area contributed by atoms with Gasteiger partial charge in [-0.05, 0) is 0 Å². The zero-order chi connectivity index (χ0) is 9.78. The van der Waals surface area contributed by atoms with E-state index >= 15 is 0 Å². The summed E-state index contributed by atoms with van der Waals surface area (Å²) in [5.41, 5.74) is 0. The van der Waals surface area contributed by atoms with E-state index in [4.69, 9.17) is 8.22 Å². The van der Waals surface area contributed by atoms with Crippen LogP contribution in [-0.4, -0.2) is 18.9 Å². The zero-order valence-electron chi connectivity index (χ0n) is 8.82. The van der Waals surface area contributed by atoms with Gasteiger partial charge in [0.2, 0.25) is 0 Å². The van der Waals surface area contributed by atoms with Gasteiger partial charge in [-0.15, -0.1) is 0 Å². The second-order valence-electron chi connectivity index (χ2n) is 0.760. The predicted octanol–water partition coefficient (Wildman–Crippen LogP) is -0.0242. The monoisotopic (exact) mass is 92.1 g/mol. The molecular formula is C4H6O2. The fraction of sp³-hybridized carbons (Fsp3) is 0.750. The van der Waals surface area contributed by atoms with E-state index in [-0.39, 0.29) is 0 Å². The van der Waals surface area contributed by atoms with Gasteiger partial charge in [-0.25, -0.2) is 0 Å². The van der Waals surface area contributed by atoms with Crippen molar-refractivity contribution in [3.05, 3.63) is 0 Å². The largest absolute Gasteiger partial charge is 0.373 e. The molecule has 1 aliphatic rings. The van der Waals surface area contributed by atoms with Crippen LogP contribution in [0.1, 0.15) is 14.6 Å². The molecule has 1 saturated heterocycles. The molecular weight excluding hydrogens is 80.0 g/mol. The first kappa shape index (κ1) is 0.892. The lowest BCUT2D eigenvalue weighted by Crippen LogP contribution is -1.91. The zero-order valence-corrected chi connectivity index (χ0v) is 2.82. The van der Waals surface area contributed by atoms with Crippen molar-refractivity contribution >= 4 is 5.78 Å². The van der Waals surface area contributed by atoms with Gasteiger partial charge in [0.15, 0.2) is 5.78 Å². The molecule has 0 amide bonds. The number of ketones is 1. The molecule has 34 valence electrons. The number of hydrogen-bond donors (Lipinski definition) is 0. The number of Topliss-reactive ketones (excluding diaryl/α,β-unsaturated/α-hetero) is 1. The van der Waals surface area contributed by atoms with Gasteiger partial charge in [-0.1, -0.05) is 0 Å². The van der Waals surface area contributed by atoms with Crippen molar-refractivity contribution in [1.82, 2.24) is 0 Å². The molecule has 0 aromatic heterocycles. The Balaban J connectivity index is 3.14. The number of hydrogen-bond acceptors (Lipinski definition) is 2. The number of rotatable bonds is 0. The summed E-state index contributed by atoms with van der Waals surface area (Å²) in [6.07, 6.45) is -2.92. The van der Waals surface area contributed by atoms with E-state index in [1.54, 1.807) is 0 Å². The van der Waals surface area contributed by atoms with Gasteiger partial charge in [-0.2, -0.15) is 0 Å². The maximum atomic E-state index is 10.8. The summed E-state index contributed by atoms with van der Waals surface area (Å²) in [6, 6.07) is 0. The Hall–Kier alpha value is -0.370. The van der Waals surface area contributed by atoms with E-state index < -0.39 is 25.3 Å². The standard InChI is InChI=1S/C4H6O2/c5-4-1-2-6-3-4/h1-3H2/i1D2,2D2,3D2. The molecule has 0 aliphatic carbocycles. The summed E-state index contributed by atoms with van der Waals surface area (Å²) in [7, 11) is 0. The fourth-order valence-electron chi connectivity index (χ4n) is 0.169. The van der Waals surface area contributed by atoms with Crippen LogP contribution in [0.3, 0.4) is 0 Å². The third-order valence-electron chi connectivity index (χ3n) is 0.359. The predicted molar refractivity (Wildman–Crippen MR) is 20.4 cm³/mol. The Morgan fingerprint density at radius 3 is 3.00 bits per heavy atom. The van der Waals surface area contributed by atoms with E-state index in [2.05, 4.69) is 4.74 Å². The van der Waals surface area contributed by atoms with Crippen LogP contribution in [-0.2, 0) is 9.53 Å². The van der Waals surface area contributed by atoms with Crippen LogP contribution in [0.15, 0.2) is 0 Å². The van der Waals surface area contributed by atoms with Crippen molar-refractivity contribution < 1.29 is 17.8 Å². The van der Waals surface area contributed by atoms with E-state index in [1.165, 1.54) is 0 Å². The Labute approximate surface area is 44.5 Å². The van der Waals surface area contributed by atoms with Gasteiger partial charge in [-0.3, -0.25) is 4.79 Å². The average Bonchev–Trinajstić information content (AvgIpc) is 1.90. The molecule has 0 radical (unpaired) electrons. The van der Waals surface area contributed by atoms with Gasteiger partial charge >= 0.3 is 0 Å². The summed E-state index contributed by atoms with van der Waals surface area (Å²) in [5.74, 6) is -1.51. The molecule has 1 fully saturated rings. The lowest BCUT2D eigenvalue weighted by molar-refractivity contribution is -0.117. The summed E-state index contributed by atoms with van der Waals surface area (Å²) in [4.78, 5) is 10.8. The van der Waals surface area contributed by atoms with Crippen LogP contribution >= 0.6 is 0 Å². The van der Waals surface area contributed by atoms with Crippen molar-refractivity contribution in [2.75, 3.05) is 13.1 Å². The van der Waals surface area contributed by atoms with Crippen molar-refractivity contribution in [3.63, 3.8) is 0 Å². The van der Waals surface area contributed by atoms with E-state index in [0.717, 1.165) is 0 Å². The summed E-state index contributed by atoms with van der Waals surface area (Å²) < 4.78 is 45.3. The first-order chi connectivity index (χ1) is 5.11. The Morgan fingerprint density at radius 1 is 2.00 bits per heavy atom. The van der Waals surface area contributed by atoms with E-state index in [1.807, 2.05) is 0 Å². The highest BCUT2D eigenvalue weighted by molar-refractivity contribution is 5.81. The molecule has 0 aromatic rings. The van der Waals surface area contributed by atoms with Crippen molar-refractivity contribution in [3.8, 4) is 0 Å². The second kappa shape index (κ2) is 1.39. The molecule has 2 heteroatoms. The van der Waals surface area contributed by atoms with E-state index in [9.17, 15) is 4.79 Å². The molecule has 0 bridgehead atoms. The summed E-state index contributed by atoms with van der Waals surface area (Å²) >= 11 is 0. The minimum atomic E-state index is -2.92. The van der Waals surface area contributed by atoms with Gasteiger partial charge in [0, 0.05) is 9.11 Å². The van der Waals surface area contributed by atoms with Gasteiger partial charge in [0.1, 0.15) is 6.56 Å². The molecule has 0 spiro atoms. The molecule has 0 atom stereocenters. The number of ether oxygens (including phenoxy) is 1. The number of carbonyl (C=O) groups excluding carboxylic acids is 1. The molecule has 0 N–H and O–H groups in total. The summed E-state index contributed by atoms with van der Waals surface area (Å²) in [5, 5.41) is 0. The lowest BCUT2D eigenvalue weighted by Gasteiger charge is -1.75. The first-order valence-corrected chi connectivity index (χ1v) is 1.36. The van der Waals surface area contributed by atoms with Crippen molar-refractivity contribution in [2.45, 2.75) is 6.37 Å². The minimum Gasteiger partial charge on any atom is -0.373 e. The molecule has 1 heterocycles. The third-order valence-corrected chi connectivity index (χ3v) is 0.359. The van der Waals surface area contributed by atoms with Crippen molar-refractivity contribution in [2.24, 2.45) is 0 Å². The molecule has 6 heavy (non-hydrogen) atoms. The van der Waals surface area contributed by atoms with Crippen LogP contribution in [0.25, 0.3) is 0 Å². The minimum absolute atomic E-state index is 1.51. The van der Waals surface area contributed by atoms with Gasteiger partial charge in [0.05, 0.1) is 12.0 Å². The Morgan fingerprint density at radius 2 is 2.83 bits per heavy atom. The first-order valence-electron chi connectivity index (χ1n) is 4.36. The van der Waals surface area contributed by atoms with E-state index in [0.29, 0.717) is 0 Å². The highest BCUT2D eigenvalue weighted by Gasteiger charge is 2.07. The average molecular weight is 92.1 g/mol. The SMILES string of the molecule is [2H]C1([2H])OC([2H])([2H])C([2H])([2H])C1=O. The molecule has 2 nitrogen and oxygen atoms in total. The topological polar surface area (TPSA) is 26.3 Å². The van der Waals surface area contributed by atoms with Crippen molar-refractivity contribution in [1.29, 1.82) is 0 Å². The smallest absolute Gasteiger partial charge is 0.160 e. The van der Waals surface area contributed by atoms with Crippen LogP contribution in [0, 0.1) is 0 Å². The lowest BCUT2D eigenvalue weighted by atomic mass is 10.4.